The molecule has 2 aromatic rings. The number of piperazine rings is 1. The first-order valence-corrected chi connectivity index (χ1v) is 11.5. The van der Waals surface area contributed by atoms with E-state index in [4.69, 9.17) is 0 Å². The summed E-state index contributed by atoms with van der Waals surface area (Å²) in [5.74, 6) is 0.0631. The number of hydrogen-bond acceptors (Lipinski definition) is 4. The Morgan fingerprint density at radius 2 is 1.53 bits per heavy atom. The summed E-state index contributed by atoms with van der Waals surface area (Å²) in [5.41, 5.74) is 2.80. The van der Waals surface area contributed by atoms with Crippen molar-refractivity contribution in [3.05, 3.63) is 71.8 Å². The molecular formula is C26H32N4O2. The maximum absolute atomic E-state index is 13.2. The van der Waals surface area contributed by atoms with Gasteiger partial charge in [0.15, 0.2) is 0 Å². The van der Waals surface area contributed by atoms with Crippen LogP contribution in [-0.2, 0) is 4.79 Å². The van der Waals surface area contributed by atoms with E-state index < -0.39 is 0 Å². The van der Waals surface area contributed by atoms with E-state index in [2.05, 4.69) is 22.2 Å². The highest BCUT2D eigenvalue weighted by Crippen LogP contribution is 2.26. The van der Waals surface area contributed by atoms with Crippen molar-refractivity contribution in [1.82, 2.24) is 15.1 Å². The topological polar surface area (TPSA) is 55.9 Å². The van der Waals surface area contributed by atoms with Gasteiger partial charge in [-0.3, -0.25) is 9.59 Å². The minimum Gasteiger partial charge on any atom is -0.371 e. The zero-order chi connectivity index (χ0) is 22.3. The van der Waals surface area contributed by atoms with Crippen molar-refractivity contribution in [3.63, 3.8) is 0 Å². The lowest BCUT2D eigenvalue weighted by Gasteiger charge is -2.36. The van der Waals surface area contributed by atoms with Gasteiger partial charge in [0, 0.05) is 57.1 Å². The number of hydrogen-bond donors (Lipinski definition) is 1. The van der Waals surface area contributed by atoms with Gasteiger partial charge in [0.2, 0.25) is 5.91 Å². The van der Waals surface area contributed by atoms with Crippen LogP contribution in [0, 0.1) is 0 Å². The highest BCUT2D eigenvalue weighted by Gasteiger charge is 2.26. The zero-order valence-electron chi connectivity index (χ0n) is 18.7. The number of rotatable bonds is 5. The molecule has 2 aromatic carbocycles. The van der Waals surface area contributed by atoms with Gasteiger partial charge < -0.3 is 20.0 Å². The summed E-state index contributed by atoms with van der Waals surface area (Å²) in [6.45, 7) is 5.01. The number of benzene rings is 2. The minimum atomic E-state index is -0.0575. The molecule has 0 atom stereocenters. The predicted molar refractivity (Wildman–Crippen MR) is 129 cm³/mol. The predicted octanol–water partition coefficient (Wildman–Crippen LogP) is 2.87. The summed E-state index contributed by atoms with van der Waals surface area (Å²) in [7, 11) is 2.09. The molecule has 2 amide bonds. The molecule has 2 heterocycles. The van der Waals surface area contributed by atoms with Crippen LogP contribution in [0.15, 0.2) is 60.7 Å². The second-order valence-electron chi connectivity index (χ2n) is 8.63. The number of nitrogens with zero attached hydrogens (tertiary/aromatic N) is 3. The standard InChI is InChI=1S/C26H32N4O2/c1-28-17-19-30(20-18-28)26(32)23-9-5-6-10-24(23)29-15-13-22(14-16-29)27-25(31)12-11-21-7-3-2-4-8-21/h2-12,22H,13-20H2,1H3,(H,27,31)/b12-11+. The van der Waals surface area contributed by atoms with Gasteiger partial charge in [-0.25, -0.2) is 0 Å². The molecular weight excluding hydrogens is 400 g/mol. The fourth-order valence-electron chi connectivity index (χ4n) is 4.36. The van der Waals surface area contributed by atoms with Crippen LogP contribution in [0.2, 0.25) is 0 Å². The van der Waals surface area contributed by atoms with Gasteiger partial charge in [-0.05, 0) is 43.7 Å². The SMILES string of the molecule is CN1CCN(C(=O)c2ccccc2N2CCC(NC(=O)/C=C/c3ccccc3)CC2)CC1. The summed E-state index contributed by atoms with van der Waals surface area (Å²) < 4.78 is 0. The lowest BCUT2D eigenvalue weighted by atomic mass is 10.0. The zero-order valence-corrected chi connectivity index (χ0v) is 18.7. The largest absolute Gasteiger partial charge is 0.371 e. The Kier molecular flexibility index (Phi) is 7.22. The molecule has 6 nitrogen and oxygen atoms in total. The molecule has 0 aromatic heterocycles. The first kappa shape index (κ1) is 22.1. The molecule has 0 spiro atoms. The fraction of sp³-hybridized carbons (Fsp3) is 0.385. The van der Waals surface area contributed by atoms with Crippen LogP contribution < -0.4 is 10.2 Å². The van der Waals surface area contributed by atoms with Gasteiger partial charge in [0.05, 0.1) is 5.56 Å². The highest BCUT2D eigenvalue weighted by molar-refractivity contribution is 6.00. The van der Waals surface area contributed by atoms with Crippen molar-refractivity contribution in [3.8, 4) is 0 Å². The van der Waals surface area contributed by atoms with Gasteiger partial charge >= 0.3 is 0 Å². The molecule has 0 unspecified atom stereocenters. The number of amides is 2. The molecule has 2 fully saturated rings. The van der Waals surface area contributed by atoms with E-state index in [0.29, 0.717) is 0 Å². The fourth-order valence-corrected chi connectivity index (χ4v) is 4.36. The quantitative estimate of drug-likeness (QED) is 0.739. The lowest BCUT2D eigenvalue weighted by molar-refractivity contribution is -0.117. The third kappa shape index (κ3) is 5.56. The Labute approximate surface area is 190 Å². The van der Waals surface area contributed by atoms with Crippen molar-refractivity contribution in [2.45, 2.75) is 18.9 Å². The van der Waals surface area contributed by atoms with E-state index in [1.165, 1.54) is 0 Å². The normalized spacial score (nSPS) is 18.2. The maximum atomic E-state index is 13.2. The molecule has 1 N–H and O–H groups in total. The summed E-state index contributed by atoms with van der Waals surface area (Å²) >= 11 is 0. The molecule has 0 radical (unpaired) electrons. The van der Waals surface area contributed by atoms with Gasteiger partial charge in [0.25, 0.3) is 5.91 Å². The van der Waals surface area contributed by atoms with E-state index in [9.17, 15) is 9.59 Å². The van der Waals surface area contributed by atoms with Crippen molar-refractivity contribution in [2.75, 3.05) is 51.2 Å². The second-order valence-corrected chi connectivity index (χ2v) is 8.63. The van der Waals surface area contributed by atoms with Gasteiger partial charge in [0.1, 0.15) is 0 Å². The van der Waals surface area contributed by atoms with E-state index in [1.54, 1.807) is 6.08 Å². The van der Waals surface area contributed by atoms with E-state index >= 15 is 0 Å². The van der Waals surface area contributed by atoms with Crippen LogP contribution in [0.1, 0.15) is 28.8 Å². The Balaban J connectivity index is 1.33. The highest BCUT2D eigenvalue weighted by atomic mass is 16.2. The molecule has 6 heteroatoms. The molecule has 168 valence electrons. The number of anilines is 1. The smallest absolute Gasteiger partial charge is 0.256 e. The molecule has 2 aliphatic heterocycles. The summed E-state index contributed by atoms with van der Waals surface area (Å²) in [6, 6.07) is 17.9. The van der Waals surface area contributed by atoms with Gasteiger partial charge in [-0.2, -0.15) is 0 Å². The lowest BCUT2D eigenvalue weighted by Crippen LogP contribution is -2.48. The summed E-state index contributed by atoms with van der Waals surface area (Å²) in [5, 5.41) is 3.12. The average Bonchev–Trinajstić information content (AvgIpc) is 2.84. The molecule has 32 heavy (non-hydrogen) atoms. The van der Waals surface area contributed by atoms with E-state index in [-0.39, 0.29) is 17.9 Å². The van der Waals surface area contributed by atoms with Crippen LogP contribution in [-0.4, -0.2) is 74.0 Å². The molecule has 2 aliphatic rings. The Hall–Kier alpha value is -3.12. The summed E-state index contributed by atoms with van der Waals surface area (Å²) in [6.07, 6.45) is 5.17. The Morgan fingerprint density at radius 1 is 0.875 bits per heavy atom. The minimum absolute atomic E-state index is 0.0575. The number of carbonyl (C=O) groups is 2. The molecule has 0 saturated carbocycles. The van der Waals surface area contributed by atoms with Crippen molar-refractivity contribution < 1.29 is 9.59 Å². The van der Waals surface area contributed by atoms with Crippen LogP contribution in [0.25, 0.3) is 6.08 Å². The van der Waals surface area contributed by atoms with Crippen LogP contribution >= 0.6 is 0 Å². The Bertz CT molecular complexity index is 943. The second kappa shape index (κ2) is 10.5. The van der Waals surface area contributed by atoms with Gasteiger partial charge in [-0.15, -0.1) is 0 Å². The van der Waals surface area contributed by atoms with Crippen molar-refractivity contribution in [2.24, 2.45) is 0 Å². The third-order valence-corrected chi connectivity index (χ3v) is 6.33. The maximum Gasteiger partial charge on any atom is 0.256 e. The van der Waals surface area contributed by atoms with Crippen LogP contribution in [0.4, 0.5) is 5.69 Å². The number of piperidine rings is 1. The number of nitrogens with one attached hydrogen (secondary N) is 1. The third-order valence-electron chi connectivity index (χ3n) is 6.33. The number of para-hydroxylation sites is 1. The van der Waals surface area contributed by atoms with Crippen molar-refractivity contribution >= 4 is 23.6 Å². The van der Waals surface area contributed by atoms with Crippen molar-refractivity contribution in [1.29, 1.82) is 0 Å². The summed E-state index contributed by atoms with van der Waals surface area (Å²) in [4.78, 5) is 32.0. The average molecular weight is 433 g/mol. The Morgan fingerprint density at radius 3 is 2.25 bits per heavy atom. The van der Waals surface area contributed by atoms with E-state index in [0.717, 1.165) is 68.9 Å². The monoisotopic (exact) mass is 432 g/mol. The number of likely N-dealkylation sites (N-methyl/N-ethyl adjacent to an activating group) is 1. The molecule has 0 bridgehead atoms. The van der Waals surface area contributed by atoms with Crippen LogP contribution in [0.3, 0.4) is 0 Å². The molecule has 0 aliphatic carbocycles. The molecule has 2 saturated heterocycles. The number of carbonyl (C=O) groups excluding carboxylic acids is 2. The van der Waals surface area contributed by atoms with Crippen LogP contribution in [0.5, 0.6) is 0 Å². The molecule has 4 rings (SSSR count). The first-order chi connectivity index (χ1) is 15.6. The van der Waals surface area contributed by atoms with E-state index in [1.807, 2.05) is 65.6 Å². The first-order valence-electron chi connectivity index (χ1n) is 11.5. The van der Waals surface area contributed by atoms with Gasteiger partial charge in [-0.1, -0.05) is 42.5 Å².